The van der Waals surface area contributed by atoms with Crippen LogP contribution < -0.4 is 26.2 Å². The minimum atomic E-state index is -0.465. The fraction of sp³-hybridized carbons (Fsp3) is 0.185. The van der Waals surface area contributed by atoms with Crippen LogP contribution in [0, 0.1) is 5.92 Å². The highest BCUT2D eigenvalue weighted by molar-refractivity contribution is 7.80. The highest BCUT2D eigenvalue weighted by Crippen LogP contribution is 2.30. The van der Waals surface area contributed by atoms with Crippen molar-refractivity contribution in [1.29, 1.82) is 0 Å². The van der Waals surface area contributed by atoms with Gasteiger partial charge in [-0.3, -0.25) is 30.6 Å². The zero-order valence-corrected chi connectivity index (χ0v) is 20.3. The second-order valence-corrected chi connectivity index (χ2v) is 8.69. The van der Waals surface area contributed by atoms with Crippen LogP contribution in [0.3, 0.4) is 0 Å². The predicted octanol–water partition coefficient (Wildman–Crippen LogP) is 3.61. The molecule has 4 N–H and O–H groups in total. The number of hydrazine groups is 1. The SMILES string of the molecule is O=C(NNC(=S)NC(=O)c1ccccc1OCCc1ccccc1)c1ccc(NC(=O)C2CC2)cc1. The molecule has 0 atom stereocenters. The van der Waals surface area contributed by atoms with Gasteiger partial charge >= 0.3 is 0 Å². The Kier molecular flexibility index (Phi) is 8.25. The second kappa shape index (κ2) is 11.9. The molecule has 0 aliphatic heterocycles. The number of hydrogen-bond donors (Lipinski definition) is 4. The molecular formula is C27H26N4O4S. The molecule has 0 bridgehead atoms. The molecule has 3 aromatic rings. The zero-order chi connectivity index (χ0) is 25.3. The van der Waals surface area contributed by atoms with E-state index in [1.165, 1.54) is 0 Å². The Balaban J connectivity index is 1.24. The van der Waals surface area contributed by atoms with Crippen LogP contribution in [0.2, 0.25) is 0 Å². The lowest BCUT2D eigenvalue weighted by molar-refractivity contribution is -0.117. The monoisotopic (exact) mass is 502 g/mol. The van der Waals surface area contributed by atoms with Crippen molar-refractivity contribution in [3.63, 3.8) is 0 Å². The standard InChI is InChI=1S/C27H26N4O4S/c32-24(19-10-11-19)28-21-14-12-20(13-15-21)25(33)30-31-27(36)29-26(34)22-8-4-5-9-23(22)35-17-16-18-6-2-1-3-7-18/h1-9,12-15,19H,10-11,16-17H2,(H,28,32)(H,30,33)(H2,29,31,34,36). The molecule has 1 aliphatic carbocycles. The minimum Gasteiger partial charge on any atom is -0.492 e. The number of anilines is 1. The summed E-state index contributed by atoms with van der Waals surface area (Å²) < 4.78 is 5.83. The molecule has 36 heavy (non-hydrogen) atoms. The maximum atomic E-state index is 12.7. The molecule has 8 nitrogen and oxygen atoms in total. The molecule has 0 radical (unpaired) electrons. The minimum absolute atomic E-state index is 0.00173. The summed E-state index contributed by atoms with van der Waals surface area (Å²) in [4.78, 5) is 37.0. The molecule has 0 aromatic heterocycles. The number of carbonyl (C=O) groups is 3. The van der Waals surface area contributed by atoms with Crippen molar-refractivity contribution < 1.29 is 19.1 Å². The summed E-state index contributed by atoms with van der Waals surface area (Å²) in [6.07, 6.45) is 2.54. The van der Waals surface area contributed by atoms with E-state index in [-0.39, 0.29) is 16.9 Å². The van der Waals surface area contributed by atoms with E-state index in [1.54, 1.807) is 48.5 Å². The average Bonchev–Trinajstić information content (AvgIpc) is 3.74. The number of ether oxygens (including phenoxy) is 1. The van der Waals surface area contributed by atoms with Crippen LogP contribution in [0.5, 0.6) is 5.75 Å². The molecule has 184 valence electrons. The molecule has 9 heteroatoms. The molecule has 3 amide bonds. The summed E-state index contributed by atoms with van der Waals surface area (Å²) in [6.45, 7) is 0.413. The molecule has 1 fully saturated rings. The summed E-state index contributed by atoms with van der Waals surface area (Å²) in [5.74, 6) is -0.380. The lowest BCUT2D eigenvalue weighted by Crippen LogP contribution is -2.48. The van der Waals surface area contributed by atoms with Crippen LogP contribution in [0.15, 0.2) is 78.9 Å². The van der Waals surface area contributed by atoms with Gasteiger partial charge < -0.3 is 10.1 Å². The molecule has 0 spiro atoms. The number of nitrogens with one attached hydrogen (secondary N) is 4. The second-order valence-electron chi connectivity index (χ2n) is 8.28. The smallest absolute Gasteiger partial charge is 0.269 e. The van der Waals surface area contributed by atoms with Crippen LogP contribution in [0.25, 0.3) is 0 Å². The van der Waals surface area contributed by atoms with E-state index in [9.17, 15) is 14.4 Å². The molecular weight excluding hydrogens is 476 g/mol. The van der Waals surface area contributed by atoms with E-state index in [4.69, 9.17) is 17.0 Å². The third kappa shape index (κ3) is 7.13. The van der Waals surface area contributed by atoms with Gasteiger partial charge in [0.25, 0.3) is 11.8 Å². The van der Waals surface area contributed by atoms with Crippen molar-refractivity contribution in [2.45, 2.75) is 19.3 Å². The quantitative estimate of drug-likeness (QED) is 0.277. The van der Waals surface area contributed by atoms with Gasteiger partial charge in [0.1, 0.15) is 5.75 Å². The number of rotatable bonds is 8. The maximum Gasteiger partial charge on any atom is 0.269 e. The van der Waals surface area contributed by atoms with E-state index < -0.39 is 11.8 Å². The Morgan fingerprint density at radius 1 is 0.833 bits per heavy atom. The van der Waals surface area contributed by atoms with Gasteiger partial charge in [0, 0.05) is 23.6 Å². The van der Waals surface area contributed by atoms with Crippen LogP contribution >= 0.6 is 12.2 Å². The summed E-state index contributed by atoms with van der Waals surface area (Å²) >= 11 is 5.15. The van der Waals surface area contributed by atoms with Crippen LogP contribution in [-0.4, -0.2) is 29.4 Å². The van der Waals surface area contributed by atoms with Gasteiger partial charge in [-0.15, -0.1) is 0 Å². The van der Waals surface area contributed by atoms with Gasteiger partial charge in [0.15, 0.2) is 5.11 Å². The Morgan fingerprint density at radius 2 is 1.53 bits per heavy atom. The highest BCUT2D eigenvalue weighted by Gasteiger charge is 2.29. The van der Waals surface area contributed by atoms with Gasteiger partial charge in [-0.05, 0) is 67.0 Å². The van der Waals surface area contributed by atoms with Crippen LogP contribution in [0.1, 0.15) is 39.1 Å². The van der Waals surface area contributed by atoms with E-state index in [2.05, 4.69) is 21.5 Å². The van der Waals surface area contributed by atoms with Crippen molar-refractivity contribution in [1.82, 2.24) is 16.2 Å². The summed E-state index contributed by atoms with van der Waals surface area (Å²) in [6, 6.07) is 23.3. The molecule has 1 aliphatic rings. The van der Waals surface area contributed by atoms with E-state index in [0.29, 0.717) is 35.6 Å². The molecule has 3 aromatic carbocycles. The zero-order valence-electron chi connectivity index (χ0n) is 19.5. The molecule has 1 saturated carbocycles. The first-order chi connectivity index (χ1) is 17.5. The predicted molar refractivity (Wildman–Crippen MR) is 141 cm³/mol. The summed E-state index contributed by atoms with van der Waals surface area (Å²) in [7, 11) is 0. The Morgan fingerprint density at radius 3 is 2.25 bits per heavy atom. The van der Waals surface area contributed by atoms with Crippen molar-refractivity contribution in [3.05, 3.63) is 95.6 Å². The van der Waals surface area contributed by atoms with Crippen molar-refractivity contribution in [2.75, 3.05) is 11.9 Å². The third-order valence-corrected chi connectivity index (χ3v) is 5.71. The first-order valence-electron chi connectivity index (χ1n) is 11.6. The van der Waals surface area contributed by atoms with Gasteiger partial charge in [-0.25, -0.2) is 0 Å². The number of benzene rings is 3. The van der Waals surface area contributed by atoms with Gasteiger partial charge in [0.05, 0.1) is 12.2 Å². The first kappa shape index (κ1) is 24.9. The van der Waals surface area contributed by atoms with E-state index in [1.807, 2.05) is 30.3 Å². The lowest BCUT2D eigenvalue weighted by Gasteiger charge is -2.14. The maximum absolute atomic E-state index is 12.7. The average molecular weight is 503 g/mol. The molecule has 0 heterocycles. The van der Waals surface area contributed by atoms with Crippen LogP contribution in [0.4, 0.5) is 5.69 Å². The highest BCUT2D eigenvalue weighted by atomic mass is 32.1. The number of thiocarbonyl (C=S) groups is 1. The molecule has 0 unspecified atom stereocenters. The Bertz CT molecular complexity index is 1240. The first-order valence-corrected chi connectivity index (χ1v) is 12.0. The van der Waals surface area contributed by atoms with E-state index >= 15 is 0 Å². The Hall–Kier alpha value is -4.24. The number of carbonyl (C=O) groups excluding carboxylic acids is 3. The lowest BCUT2D eigenvalue weighted by atomic mass is 10.1. The largest absolute Gasteiger partial charge is 0.492 e. The van der Waals surface area contributed by atoms with Gasteiger partial charge in [0.2, 0.25) is 5.91 Å². The van der Waals surface area contributed by atoms with Gasteiger partial charge in [-0.2, -0.15) is 0 Å². The summed E-state index contributed by atoms with van der Waals surface area (Å²) in [5.41, 5.74) is 7.42. The van der Waals surface area contributed by atoms with Gasteiger partial charge in [-0.1, -0.05) is 42.5 Å². The Labute approximate surface area is 214 Å². The fourth-order valence-corrected chi connectivity index (χ4v) is 3.53. The summed E-state index contributed by atoms with van der Waals surface area (Å²) in [5, 5.41) is 5.29. The van der Waals surface area contributed by atoms with Crippen molar-refractivity contribution in [2.24, 2.45) is 5.92 Å². The number of amides is 3. The topological polar surface area (TPSA) is 109 Å². The number of hydrogen-bond acceptors (Lipinski definition) is 5. The fourth-order valence-electron chi connectivity index (χ4n) is 3.39. The molecule has 0 saturated heterocycles. The number of para-hydroxylation sites is 1. The van der Waals surface area contributed by atoms with Crippen LogP contribution in [-0.2, 0) is 11.2 Å². The molecule has 4 rings (SSSR count). The van der Waals surface area contributed by atoms with Crippen molar-refractivity contribution >= 4 is 40.7 Å². The third-order valence-electron chi connectivity index (χ3n) is 5.50. The normalized spacial score (nSPS) is 12.2. The van der Waals surface area contributed by atoms with E-state index in [0.717, 1.165) is 18.4 Å². The van der Waals surface area contributed by atoms with Crippen molar-refractivity contribution in [3.8, 4) is 5.75 Å².